The van der Waals surface area contributed by atoms with Crippen LogP contribution in [0.4, 0.5) is 0 Å². The molecule has 0 heterocycles. The van der Waals surface area contributed by atoms with Crippen molar-refractivity contribution in [3.63, 3.8) is 0 Å². The summed E-state index contributed by atoms with van der Waals surface area (Å²) in [5.74, 6) is 1.62. The molecule has 4 aliphatic rings. The van der Waals surface area contributed by atoms with Gasteiger partial charge in [0, 0.05) is 24.9 Å². The van der Waals surface area contributed by atoms with Crippen LogP contribution < -0.4 is 4.74 Å². The Morgan fingerprint density at radius 1 is 0.973 bits per heavy atom. The van der Waals surface area contributed by atoms with Gasteiger partial charge in [-0.05, 0) is 100 Å². The summed E-state index contributed by atoms with van der Waals surface area (Å²) >= 11 is 0. The largest absolute Gasteiger partial charge is 0.494 e. The van der Waals surface area contributed by atoms with Gasteiger partial charge in [-0.25, -0.2) is 0 Å². The predicted molar refractivity (Wildman–Crippen MR) is 144 cm³/mol. The maximum absolute atomic E-state index is 13.0. The number of aliphatic hydroxyl groups is 1. The number of fused-ring (bicyclic) bond motifs is 5. The van der Waals surface area contributed by atoms with Gasteiger partial charge in [0.2, 0.25) is 0 Å². The normalized spacial score (nSPS) is 40.8. The molecule has 0 spiro atoms. The molecule has 1 aromatic rings. The molecule has 4 aliphatic carbocycles. The molecule has 0 saturated heterocycles. The molecular formula is C32H46O5. The Kier molecular flexibility index (Phi) is 7.13. The van der Waals surface area contributed by atoms with E-state index in [-0.39, 0.29) is 16.6 Å². The van der Waals surface area contributed by atoms with Crippen molar-refractivity contribution in [2.45, 2.75) is 104 Å². The van der Waals surface area contributed by atoms with Crippen molar-refractivity contribution in [2.24, 2.45) is 28.6 Å². The van der Waals surface area contributed by atoms with E-state index in [0.717, 1.165) is 49.8 Å². The van der Waals surface area contributed by atoms with Gasteiger partial charge in [-0.1, -0.05) is 37.6 Å². The number of ketones is 1. The Balaban J connectivity index is 1.31. The molecule has 5 rings (SSSR count). The van der Waals surface area contributed by atoms with Crippen molar-refractivity contribution in [3.8, 4) is 5.75 Å². The van der Waals surface area contributed by atoms with Gasteiger partial charge in [0.25, 0.3) is 0 Å². The zero-order valence-corrected chi connectivity index (χ0v) is 23.5. The van der Waals surface area contributed by atoms with E-state index in [1.807, 2.05) is 38.1 Å². The van der Waals surface area contributed by atoms with E-state index in [0.29, 0.717) is 50.4 Å². The number of carbonyl (C=O) groups is 1. The van der Waals surface area contributed by atoms with Crippen molar-refractivity contribution >= 4 is 5.78 Å². The zero-order valence-electron chi connectivity index (χ0n) is 23.5. The van der Waals surface area contributed by atoms with E-state index >= 15 is 0 Å². The van der Waals surface area contributed by atoms with Gasteiger partial charge in [-0.3, -0.25) is 4.79 Å². The van der Waals surface area contributed by atoms with Gasteiger partial charge in [-0.15, -0.1) is 0 Å². The molecule has 7 atom stereocenters. The highest BCUT2D eigenvalue weighted by atomic mass is 16.6. The number of hydrogen-bond acceptors (Lipinski definition) is 5. The highest BCUT2D eigenvalue weighted by Crippen LogP contribution is 2.68. The Bertz CT molecular complexity index is 1030. The van der Waals surface area contributed by atoms with Gasteiger partial charge < -0.3 is 19.3 Å². The number of carbonyl (C=O) groups excluding carboxylic acids is 1. The second-order valence-electron chi connectivity index (χ2n) is 12.6. The Morgan fingerprint density at radius 3 is 2.38 bits per heavy atom. The van der Waals surface area contributed by atoms with E-state index in [4.69, 9.17) is 14.2 Å². The quantitative estimate of drug-likeness (QED) is 0.315. The summed E-state index contributed by atoms with van der Waals surface area (Å²) in [6.07, 6.45) is 9.72. The molecule has 5 heteroatoms. The van der Waals surface area contributed by atoms with Gasteiger partial charge in [0.1, 0.15) is 11.4 Å². The third kappa shape index (κ3) is 4.30. The molecular weight excluding hydrogens is 464 g/mol. The van der Waals surface area contributed by atoms with Crippen molar-refractivity contribution in [3.05, 3.63) is 41.5 Å². The molecule has 204 valence electrons. The fourth-order valence-corrected chi connectivity index (χ4v) is 8.97. The molecule has 3 saturated carbocycles. The molecule has 3 fully saturated rings. The van der Waals surface area contributed by atoms with Gasteiger partial charge >= 0.3 is 0 Å². The summed E-state index contributed by atoms with van der Waals surface area (Å²) < 4.78 is 18.0. The lowest BCUT2D eigenvalue weighted by Crippen LogP contribution is -2.58. The molecule has 0 bridgehead atoms. The lowest BCUT2D eigenvalue weighted by Gasteiger charge is -2.60. The van der Waals surface area contributed by atoms with Crippen LogP contribution in [-0.4, -0.2) is 35.5 Å². The van der Waals surface area contributed by atoms with E-state index in [1.54, 1.807) is 6.92 Å². The third-order valence-corrected chi connectivity index (χ3v) is 10.9. The van der Waals surface area contributed by atoms with Crippen LogP contribution >= 0.6 is 0 Å². The van der Waals surface area contributed by atoms with Crippen LogP contribution in [-0.2, 0) is 20.9 Å². The number of Topliss-reactive ketones (excluding diaryl/α,β-unsaturated/α-hetero) is 1. The summed E-state index contributed by atoms with van der Waals surface area (Å²) in [6.45, 7) is 12.1. The number of rotatable bonds is 8. The van der Waals surface area contributed by atoms with Gasteiger partial charge in [0.05, 0.1) is 13.2 Å². The minimum Gasteiger partial charge on any atom is -0.494 e. The molecule has 5 nitrogen and oxygen atoms in total. The first-order chi connectivity index (χ1) is 17.6. The average molecular weight is 511 g/mol. The fraction of sp³-hybridized carbons (Fsp3) is 0.719. The topological polar surface area (TPSA) is 65.0 Å². The summed E-state index contributed by atoms with van der Waals surface area (Å²) in [5, 5.41) is 11.5. The van der Waals surface area contributed by atoms with Crippen LogP contribution in [0.1, 0.15) is 91.5 Å². The lowest BCUT2D eigenvalue weighted by atomic mass is 9.46. The number of ether oxygens (including phenoxy) is 3. The zero-order chi connectivity index (χ0) is 26.5. The molecule has 0 amide bonds. The fourth-order valence-electron chi connectivity index (χ4n) is 8.97. The van der Waals surface area contributed by atoms with E-state index in [9.17, 15) is 9.90 Å². The molecule has 1 aromatic carbocycles. The maximum Gasteiger partial charge on any atom is 0.169 e. The highest BCUT2D eigenvalue weighted by Gasteiger charge is 2.66. The summed E-state index contributed by atoms with van der Waals surface area (Å²) in [4.78, 5) is 13.0. The Hall–Kier alpha value is -1.69. The first-order valence-electron chi connectivity index (χ1n) is 14.5. The second-order valence-corrected chi connectivity index (χ2v) is 12.6. The highest BCUT2D eigenvalue weighted by molar-refractivity contribution is 5.86. The van der Waals surface area contributed by atoms with E-state index in [1.165, 1.54) is 5.57 Å². The minimum absolute atomic E-state index is 0.0893. The number of benzene rings is 1. The summed E-state index contributed by atoms with van der Waals surface area (Å²) in [5.41, 5.74) is 1.79. The van der Waals surface area contributed by atoms with Crippen molar-refractivity contribution in [2.75, 3.05) is 13.2 Å². The first kappa shape index (κ1) is 26.9. The first-order valence-corrected chi connectivity index (χ1v) is 14.5. The molecule has 0 radical (unpaired) electrons. The molecule has 37 heavy (non-hydrogen) atoms. The number of hydrogen-bond donors (Lipinski definition) is 1. The molecule has 0 aromatic heterocycles. The van der Waals surface area contributed by atoms with Crippen molar-refractivity contribution in [1.82, 2.24) is 0 Å². The van der Waals surface area contributed by atoms with Crippen LogP contribution in [0, 0.1) is 28.6 Å². The van der Waals surface area contributed by atoms with Gasteiger partial charge in [-0.2, -0.15) is 0 Å². The Labute approximate surface area is 223 Å². The van der Waals surface area contributed by atoms with E-state index < -0.39 is 11.4 Å². The van der Waals surface area contributed by atoms with Crippen LogP contribution in [0.3, 0.4) is 0 Å². The number of allylic oxidation sites excluding steroid dienone is 1. The molecule has 7 unspecified atom stereocenters. The van der Waals surface area contributed by atoms with E-state index in [2.05, 4.69) is 19.9 Å². The molecule has 0 aliphatic heterocycles. The summed E-state index contributed by atoms with van der Waals surface area (Å²) in [7, 11) is 0. The standard InChI is InChI=1S/C32H46O5/c1-6-35-25-11-8-23(9-12-25)21-37-31(34)19-18-29(4)24(20-31)10-13-26-27(29)14-16-30(5)28(26)15-17-32(30,22(3)33)36-7-2/h8-12,26-28,34H,6-7,13-21H2,1-5H3. The lowest BCUT2D eigenvalue weighted by molar-refractivity contribution is -0.232. The smallest absolute Gasteiger partial charge is 0.169 e. The minimum atomic E-state index is -1.12. The maximum atomic E-state index is 13.0. The predicted octanol–water partition coefficient (Wildman–Crippen LogP) is 6.62. The van der Waals surface area contributed by atoms with Crippen molar-refractivity contribution in [1.29, 1.82) is 0 Å². The van der Waals surface area contributed by atoms with Crippen LogP contribution in [0.5, 0.6) is 5.75 Å². The van der Waals surface area contributed by atoms with Crippen LogP contribution in [0.15, 0.2) is 35.9 Å². The monoisotopic (exact) mass is 510 g/mol. The van der Waals surface area contributed by atoms with Crippen molar-refractivity contribution < 1.29 is 24.1 Å². The molecule has 1 N–H and O–H groups in total. The van der Waals surface area contributed by atoms with Crippen LogP contribution in [0.25, 0.3) is 0 Å². The Morgan fingerprint density at radius 2 is 1.70 bits per heavy atom. The van der Waals surface area contributed by atoms with Gasteiger partial charge in [0.15, 0.2) is 11.6 Å². The SMILES string of the molecule is CCOc1ccc(COC2(O)CCC3(C)C(=CCC4C3CCC3(C)C4CCC3(OCC)C(C)=O)C2)cc1. The van der Waals surface area contributed by atoms with Crippen LogP contribution in [0.2, 0.25) is 0 Å². The second kappa shape index (κ2) is 9.81. The summed E-state index contributed by atoms with van der Waals surface area (Å²) in [6, 6.07) is 7.94. The average Bonchev–Trinajstić information content (AvgIpc) is 3.18. The third-order valence-electron chi connectivity index (χ3n) is 10.9.